The van der Waals surface area contributed by atoms with Gasteiger partial charge < -0.3 is 19.7 Å². The van der Waals surface area contributed by atoms with E-state index in [4.69, 9.17) is 44.3 Å². The number of sulfonamides is 1. The van der Waals surface area contributed by atoms with E-state index in [1.807, 2.05) is 13.8 Å². The summed E-state index contributed by atoms with van der Waals surface area (Å²) in [4.78, 5) is 28.8. The first-order chi connectivity index (χ1) is 20.8. The number of carbonyl (C=O) groups excluding carboxylic acids is 2. The zero-order valence-corrected chi connectivity index (χ0v) is 28.2. The number of rotatable bonds is 14. The molecular formula is C31H36Cl3N3O6S. The molecule has 0 saturated heterocycles. The van der Waals surface area contributed by atoms with Crippen LogP contribution in [0.1, 0.15) is 32.8 Å². The van der Waals surface area contributed by atoms with Gasteiger partial charge in [0.15, 0.2) is 11.5 Å². The molecule has 13 heteroatoms. The average Bonchev–Trinajstić information content (AvgIpc) is 3.00. The second-order valence-electron chi connectivity index (χ2n) is 10.3. The van der Waals surface area contributed by atoms with E-state index in [1.165, 1.54) is 61.6 Å². The van der Waals surface area contributed by atoms with Crippen molar-refractivity contribution in [1.82, 2.24) is 10.2 Å². The lowest BCUT2D eigenvalue weighted by atomic mass is 10.1. The molecule has 238 valence electrons. The van der Waals surface area contributed by atoms with Gasteiger partial charge in [-0.1, -0.05) is 61.6 Å². The minimum Gasteiger partial charge on any atom is -0.493 e. The summed E-state index contributed by atoms with van der Waals surface area (Å²) in [5, 5.41) is 3.90. The number of benzene rings is 3. The minimum atomic E-state index is -4.34. The number of ether oxygens (including phenoxy) is 2. The summed E-state index contributed by atoms with van der Waals surface area (Å²) in [6.45, 7) is 5.48. The van der Waals surface area contributed by atoms with E-state index >= 15 is 0 Å². The Balaban J connectivity index is 2.10. The number of anilines is 1. The first kappa shape index (κ1) is 35.3. The molecule has 0 aliphatic rings. The van der Waals surface area contributed by atoms with Crippen LogP contribution in [0.4, 0.5) is 5.69 Å². The third kappa shape index (κ3) is 8.72. The maximum absolute atomic E-state index is 14.2. The van der Waals surface area contributed by atoms with Crippen LogP contribution >= 0.6 is 34.8 Å². The lowest BCUT2D eigenvalue weighted by Crippen LogP contribution is -2.52. The second-order valence-corrected chi connectivity index (χ2v) is 13.5. The number of nitrogens with one attached hydrogen (secondary N) is 1. The maximum atomic E-state index is 14.2. The Hall–Kier alpha value is -3.18. The molecule has 0 fully saturated rings. The monoisotopic (exact) mass is 683 g/mol. The number of nitrogens with zero attached hydrogens (tertiary/aromatic N) is 2. The summed E-state index contributed by atoms with van der Waals surface area (Å²) in [6.07, 6.45) is 0.278. The lowest BCUT2D eigenvalue weighted by molar-refractivity contribution is -0.140. The maximum Gasteiger partial charge on any atom is 0.264 e. The van der Waals surface area contributed by atoms with Gasteiger partial charge in [0.05, 0.1) is 34.8 Å². The predicted octanol–water partition coefficient (Wildman–Crippen LogP) is 6.44. The van der Waals surface area contributed by atoms with Crippen LogP contribution < -0.4 is 19.1 Å². The summed E-state index contributed by atoms with van der Waals surface area (Å²) in [7, 11) is -1.51. The van der Waals surface area contributed by atoms with Crippen molar-refractivity contribution in [3.05, 3.63) is 81.3 Å². The standard InChI is InChI=1S/C31H36Cl3N3O6S/c1-6-27(31(39)35-17-20(2)3)36(18-21-7-13-25(33)26(34)15-21)30(38)19-37(23-10-8-22(32)9-11-23)44(40,41)24-12-14-28(42-4)29(16-24)43-5/h7-16,20,27H,6,17-19H2,1-5H3,(H,35,39)/t27-/m1/s1. The van der Waals surface area contributed by atoms with Crippen LogP contribution in [0.25, 0.3) is 0 Å². The second kappa shape index (κ2) is 15.7. The normalized spacial score (nSPS) is 12.0. The van der Waals surface area contributed by atoms with Crippen molar-refractivity contribution in [3.8, 4) is 11.5 Å². The van der Waals surface area contributed by atoms with Crippen molar-refractivity contribution in [3.63, 3.8) is 0 Å². The van der Waals surface area contributed by atoms with Crippen molar-refractivity contribution in [2.75, 3.05) is 31.6 Å². The van der Waals surface area contributed by atoms with Crippen molar-refractivity contribution < 1.29 is 27.5 Å². The van der Waals surface area contributed by atoms with Gasteiger partial charge in [0.25, 0.3) is 10.0 Å². The van der Waals surface area contributed by atoms with Gasteiger partial charge in [0, 0.05) is 24.2 Å². The van der Waals surface area contributed by atoms with Crippen LogP contribution in [0.15, 0.2) is 65.6 Å². The number of amides is 2. The number of methoxy groups -OCH3 is 2. The van der Waals surface area contributed by atoms with E-state index in [1.54, 1.807) is 25.1 Å². The van der Waals surface area contributed by atoms with E-state index < -0.39 is 28.5 Å². The Morgan fingerprint density at radius 2 is 1.55 bits per heavy atom. The summed E-state index contributed by atoms with van der Waals surface area (Å²) < 4.78 is 39.9. The van der Waals surface area contributed by atoms with E-state index in [2.05, 4.69) is 5.32 Å². The average molecular weight is 685 g/mol. The molecule has 0 unspecified atom stereocenters. The van der Waals surface area contributed by atoms with Crippen LogP contribution in [0.5, 0.6) is 11.5 Å². The van der Waals surface area contributed by atoms with E-state index in [0.717, 1.165) is 4.31 Å². The Morgan fingerprint density at radius 1 is 0.886 bits per heavy atom. The zero-order chi connectivity index (χ0) is 32.6. The molecule has 3 rings (SSSR count). The van der Waals surface area contributed by atoms with Crippen LogP contribution in [-0.2, 0) is 26.2 Å². The highest BCUT2D eigenvalue weighted by molar-refractivity contribution is 7.92. The van der Waals surface area contributed by atoms with Crippen LogP contribution in [0, 0.1) is 5.92 Å². The van der Waals surface area contributed by atoms with Gasteiger partial charge in [-0.2, -0.15) is 0 Å². The van der Waals surface area contributed by atoms with Gasteiger partial charge in [-0.25, -0.2) is 8.42 Å². The van der Waals surface area contributed by atoms with E-state index in [-0.39, 0.29) is 46.1 Å². The van der Waals surface area contributed by atoms with E-state index in [9.17, 15) is 18.0 Å². The first-order valence-corrected chi connectivity index (χ1v) is 16.4. The highest BCUT2D eigenvalue weighted by Gasteiger charge is 2.34. The predicted molar refractivity (Wildman–Crippen MR) is 174 cm³/mol. The fraction of sp³-hybridized carbons (Fsp3) is 0.355. The topological polar surface area (TPSA) is 105 Å². The molecule has 0 radical (unpaired) electrons. The minimum absolute atomic E-state index is 0.0197. The molecule has 0 aliphatic heterocycles. The van der Waals surface area contributed by atoms with Gasteiger partial charge >= 0.3 is 0 Å². The molecule has 3 aromatic carbocycles. The number of halogens is 3. The Morgan fingerprint density at radius 3 is 2.11 bits per heavy atom. The van der Waals surface area contributed by atoms with Crippen molar-refractivity contribution >= 4 is 62.3 Å². The highest BCUT2D eigenvalue weighted by atomic mass is 35.5. The van der Waals surface area contributed by atoms with Gasteiger partial charge in [0.1, 0.15) is 12.6 Å². The number of hydrogen-bond acceptors (Lipinski definition) is 6. The fourth-order valence-electron chi connectivity index (χ4n) is 4.42. The molecule has 0 spiro atoms. The SMILES string of the molecule is CC[C@H](C(=O)NCC(C)C)N(Cc1ccc(Cl)c(Cl)c1)C(=O)CN(c1ccc(Cl)cc1)S(=O)(=O)c1ccc(OC)c(OC)c1. The molecule has 2 amide bonds. The summed E-state index contributed by atoms with van der Waals surface area (Å²) in [6, 6.07) is 14.2. The zero-order valence-electron chi connectivity index (χ0n) is 25.1. The molecule has 9 nitrogen and oxygen atoms in total. The molecular weight excluding hydrogens is 649 g/mol. The third-order valence-electron chi connectivity index (χ3n) is 6.74. The molecule has 0 aliphatic carbocycles. The molecule has 1 N–H and O–H groups in total. The van der Waals surface area contributed by atoms with Crippen molar-refractivity contribution in [2.45, 2.75) is 44.7 Å². The van der Waals surface area contributed by atoms with E-state index in [0.29, 0.717) is 27.9 Å². The molecule has 0 bridgehead atoms. The Labute approximate surface area is 274 Å². The molecule has 0 heterocycles. The number of hydrogen-bond donors (Lipinski definition) is 1. The molecule has 0 saturated carbocycles. The largest absolute Gasteiger partial charge is 0.493 e. The Kier molecular flexibility index (Phi) is 12.6. The summed E-state index contributed by atoms with van der Waals surface area (Å²) >= 11 is 18.5. The lowest BCUT2D eigenvalue weighted by Gasteiger charge is -2.33. The van der Waals surface area contributed by atoms with Gasteiger partial charge in [0.2, 0.25) is 11.8 Å². The van der Waals surface area contributed by atoms with Gasteiger partial charge in [-0.05, 0) is 66.4 Å². The van der Waals surface area contributed by atoms with Crippen molar-refractivity contribution in [2.24, 2.45) is 5.92 Å². The third-order valence-corrected chi connectivity index (χ3v) is 9.50. The molecule has 44 heavy (non-hydrogen) atoms. The van der Waals surface area contributed by atoms with Gasteiger partial charge in [-0.15, -0.1) is 0 Å². The van der Waals surface area contributed by atoms with Crippen LogP contribution in [-0.4, -0.2) is 58.5 Å². The number of carbonyl (C=O) groups is 2. The molecule has 3 aromatic rings. The van der Waals surface area contributed by atoms with Gasteiger partial charge in [-0.3, -0.25) is 13.9 Å². The first-order valence-electron chi connectivity index (χ1n) is 13.8. The van der Waals surface area contributed by atoms with Crippen LogP contribution in [0.3, 0.4) is 0 Å². The fourth-order valence-corrected chi connectivity index (χ4v) is 6.29. The molecule has 0 aromatic heterocycles. The summed E-state index contributed by atoms with van der Waals surface area (Å²) in [5.41, 5.74) is 0.813. The quantitative estimate of drug-likeness (QED) is 0.210. The Bertz CT molecular complexity index is 1570. The van der Waals surface area contributed by atoms with Crippen LogP contribution in [0.2, 0.25) is 15.1 Å². The highest BCUT2D eigenvalue weighted by Crippen LogP contribution is 2.33. The summed E-state index contributed by atoms with van der Waals surface area (Å²) in [5.74, 6) is -0.239. The van der Waals surface area contributed by atoms with Crippen molar-refractivity contribution in [1.29, 1.82) is 0 Å². The molecule has 1 atom stereocenters. The smallest absolute Gasteiger partial charge is 0.264 e.